The van der Waals surface area contributed by atoms with Crippen molar-refractivity contribution in [3.05, 3.63) is 0 Å². The molecule has 0 aliphatic heterocycles. The van der Waals surface area contributed by atoms with Crippen molar-refractivity contribution >= 4 is 17.8 Å². The topological polar surface area (TPSA) is 75.7 Å². The summed E-state index contributed by atoms with van der Waals surface area (Å²) < 4.78 is 5.11. The summed E-state index contributed by atoms with van der Waals surface area (Å²) in [6.45, 7) is 7.31. The molecule has 0 radical (unpaired) electrons. The number of carbonyl (C=O) groups excluding carboxylic acids is 3. The fraction of sp³-hybridized carbons (Fsp3) is 0.857. The molecule has 2 amide bonds. The number of esters is 1. The van der Waals surface area contributed by atoms with Crippen molar-refractivity contribution in [1.82, 2.24) is 10.2 Å². The van der Waals surface area contributed by atoms with Crippen LogP contribution in [0.25, 0.3) is 0 Å². The Labute approximate surface area is 162 Å². The number of hydrogen-bond donors (Lipinski definition) is 1. The van der Waals surface area contributed by atoms with E-state index in [2.05, 4.69) is 5.32 Å². The van der Waals surface area contributed by atoms with E-state index in [0.717, 1.165) is 19.3 Å². The molecule has 4 fully saturated rings. The van der Waals surface area contributed by atoms with E-state index in [1.807, 2.05) is 27.7 Å². The van der Waals surface area contributed by atoms with Crippen LogP contribution in [-0.4, -0.2) is 47.9 Å². The lowest BCUT2D eigenvalue weighted by Crippen LogP contribution is -2.54. The first kappa shape index (κ1) is 20.2. The number of carbonyl (C=O) groups is 3. The van der Waals surface area contributed by atoms with Crippen LogP contribution in [0, 0.1) is 23.2 Å². The van der Waals surface area contributed by atoms with Gasteiger partial charge in [0.05, 0.1) is 0 Å². The average Bonchev–Trinajstić information content (AvgIpc) is 2.55. The predicted molar refractivity (Wildman–Crippen MR) is 102 cm³/mol. The molecule has 4 rings (SSSR count). The Morgan fingerprint density at radius 3 is 1.89 bits per heavy atom. The Hall–Kier alpha value is -1.59. The maximum Gasteiger partial charge on any atom is 0.325 e. The van der Waals surface area contributed by atoms with E-state index in [1.165, 1.54) is 19.3 Å². The highest BCUT2D eigenvalue weighted by molar-refractivity contribution is 5.87. The Bertz CT molecular complexity index is 556. The van der Waals surface area contributed by atoms with Crippen LogP contribution in [0.15, 0.2) is 0 Å². The summed E-state index contributed by atoms with van der Waals surface area (Å²) in [6, 6.07) is 0.0963. The molecule has 0 heterocycles. The molecule has 4 aliphatic carbocycles. The second kappa shape index (κ2) is 7.80. The first-order valence-electron chi connectivity index (χ1n) is 10.5. The van der Waals surface area contributed by atoms with Crippen molar-refractivity contribution in [2.75, 3.05) is 13.2 Å². The summed E-state index contributed by atoms with van der Waals surface area (Å²) >= 11 is 0. The van der Waals surface area contributed by atoms with Crippen molar-refractivity contribution < 1.29 is 19.1 Å². The molecule has 152 valence electrons. The van der Waals surface area contributed by atoms with Gasteiger partial charge in [-0.05, 0) is 84.0 Å². The van der Waals surface area contributed by atoms with Gasteiger partial charge in [-0.25, -0.2) is 0 Å². The molecule has 0 aromatic heterocycles. The lowest BCUT2D eigenvalue weighted by molar-refractivity contribution is -0.155. The van der Waals surface area contributed by atoms with Gasteiger partial charge in [0.25, 0.3) is 5.91 Å². The van der Waals surface area contributed by atoms with E-state index < -0.39 is 5.97 Å². The summed E-state index contributed by atoms with van der Waals surface area (Å²) in [6.07, 6.45) is 6.74. The highest BCUT2D eigenvalue weighted by Gasteiger charge is 2.54. The molecule has 0 unspecified atom stereocenters. The molecule has 4 saturated carbocycles. The summed E-state index contributed by atoms with van der Waals surface area (Å²) in [7, 11) is 0. The Morgan fingerprint density at radius 1 is 0.963 bits per heavy atom. The van der Waals surface area contributed by atoms with Crippen LogP contribution < -0.4 is 5.32 Å². The first-order valence-corrected chi connectivity index (χ1v) is 10.5. The van der Waals surface area contributed by atoms with E-state index >= 15 is 0 Å². The lowest BCUT2D eigenvalue weighted by atomic mass is 9.49. The van der Waals surface area contributed by atoms with Crippen molar-refractivity contribution in [2.45, 2.75) is 78.3 Å². The molecule has 0 aromatic rings. The molecule has 0 aromatic carbocycles. The van der Waals surface area contributed by atoms with Crippen molar-refractivity contribution in [1.29, 1.82) is 0 Å². The minimum Gasteiger partial charge on any atom is -0.454 e. The van der Waals surface area contributed by atoms with E-state index in [9.17, 15) is 14.4 Å². The van der Waals surface area contributed by atoms with Crippen LogP contribution in [0.3, 0.4) is 0 Å². The maximum atomic E-state index is 12.8. The summed E-state index contributed by atoms with van der Waals surface area (Å²) in [5, 5.41) is 2.80. The van der Waals surface area contributed by atoms with Gasteiger partial charge in [0.2, 0.25) is 5.91 Å². The molecule has 0 atom stereocenters. The minimum atomic E-state index is -0.547. The molecular formula is C21H34N2O4. The largest absolute Gasteiger partial charge is 0.454 e. The van der Waals surface area contributed by atoms with Gasteiger partial charge in [0.15, 0.2) is 6.61 Å². The van der Waals surface area contributed by atoms with Crippen LogP contribution in [-0.2, 0) is 19.1 Å². The van der Waals surface area contributed by atoms with Gasteiger partial charge in [-0.2, -0.15) is 0 Å². The van der Waals surface area contributed by atoms with Crippen LogP contribution in [0.1, 0.15) is 66.2 Å². The molecule has 6 heteroatoms. The molecule has 4 aliphatic rings. The Balaban J connectivity index is 1.45. The fourth-order valence-corrected chi connectivity index (χ4v) is 6.17. The highest BCUT2D eigenvalue weighted by Crippen LogP contribution is 2.60. The van der Waals surface area contributed by atoms with Crippen LogP contribution in [0.2, 0.25) is 0 Å². The van der Waals surface area contributed by atoms with Crippen LogP contribution in [0.4, 0.5) is 0 Å². The standard InChI is InChI=1S/C21H34N2O4/c1-13(2)23(14(3)4)18(24)12-27-19(25)11-22-20(26)21-8-15-5-16(9-21)7-17(6-15)10-21/h13-17H,5-12H2,1-4H3,(H,22,26). The number of amides is 2. The Kier molecular flexibility index (Phi) is 5.82. The SMILES string of the molecule is CC(C)N(C(=O)COC(=O)CNC(=O)C12CC3CC(CC(C3)C1)C2)C(C)C. The first-order chi connectivity index (χ1) is 12.7. The number of hydrogen-bond acceptors (Lipinski definition) is 4. The monoisotopic (exact) mass is 378 g/mol. The summed E-state index contributed by atoms with van der Waals surface area (Å²) in [5.74, 6) is 1.31. The number of rotatable bonds is 7. The average molecular weight is 379 g/mol. The van der Waals surface area contributed by atoms with E-state index in [0.29, 0.717) is 17.8 Å². The molecule has 4 bridgehead atoms. The van der Waals surface area contributed by atoms with E-state index in [1.54, 1.807) is 4.90 Å². The number of nitrogens with one attached hydrogen (secondary N) is 1. The number of nitrogens with zero attached hydrogens (tertiary/aromatic N) is 1. The molecule has 0 spiro atoms. The quantitative estimate of drug-likeness (QED) is 0.691. The number of ether oxygens (including phenoxy) is 1. The normalized spacial score (nSPS) is 31.3. The smallest absolute Gasteiger partial charge is 0.325 e. The van der Waals surface area contributed by atoms with Crippen molar-refractivity contribution in [3.8, 4) is 0 Å². The Morgan fingerprint density at radius 2 is 1.44 bits per heavy atom. The van der Waals surface area contributed by atoms with E-state index in [-0.39, 0.29) is 42.5 Å². The van der Waals surface area contributed by atoms with Crippen LogP contribution in [0.5, 0.6) is 0 Å². The second-order valence-electron chi connectivity index (χ2n) is 9.53. The fourth-order valence-electron chi connectivity index (χ4n) is 6.17. The van der Waals surface area contributed by atoms with Gasteiger partial charge < -0.3 is 15.0 Å². The van der Waals surface area contributed by atoms with Crippen molar-refractivity contribution in [2.24, 2.45) is 23.2 Å². The van der Waals surface area contributed by atoms with Gasteiger partial charge >= 0.3 is 5.97 Å². The summed E-state index contributed by atoms with van der Waals surface area (Å²) in [4.78, 5) is 38.8. The third-order valence-electron chi connectivity index (χ3n) is 6.67. The zero-order valence-electron chi connectivity index (χ0n) is 17.1. The van der Waals surface area contributed by atoms with Gasteiger partial charge in [0.1, 0.15) is 6.54 Å². The zero-order valence-corrected chi connectivity index (χ0v) is 17.1. The van der Waals surface area contributed by atoms with Gasteiger partial charge in [-0.3, -0.25) is 14.4 Å². The predicted octanol–water partition coefficient (Wildman–Crippen LogP) is 2.51. The minimum absolute atomic E-state index is 0.0101. The van der Waals surface area contributed by atoms with Gasteiger partial charge in [-0.1, -0.05) is 0 Å². The third kappa shape index (κ3) is 4.30. The maximum absolute atomic E-state index is 12.8. The molecule has 27 heavy (non-hydrogen) atoms. The lowest BCUT2D eigenvalue weighted by Gasteiger charge is -2.55. The van der Waals surface area contributed by atoms with E-state index in [4.69, 9.17) is 4.74 Å². The summed E-state index contributed by atoms with van der Waals surface area (Å²) in [5.41, 5.74) is -0.267. The zero-order chi connectivity index (χ0) is 19.8. The van der Waals surface area contributed by atoms with Gasteiger partial charge in [-0.15, -0.1) is 0 Å². The third-order valence-corrected chi connectivity index (χ3v) is 6.67. The molecule has 0 saturated heterocycles. The molecular weight excluding hydrogens is 344 g/mol. The molecule has 1 N–H and O–H groups in total. The van der Waals surface area contributed by atoms with Gasteiger partial charge in [0, 0.05) is 17.5 Å². The van der Waals surface area contributed by atoms with Crippen LogP contribution >= 0.6 is 0 Å². The molecule has 6 nitrogen and oxygen atoms in total. The second-order valence-corrected chi connectivity index (χ2v) is 9.53. The van der Waals surface area contributed by atoms with Crippen molar-refractivity contribution in [3.63, 3.8) is 0 Å². The highest BCUT2D eigenvalue weighted by atomic mass is 16.5.